The van der Waals surface area contributed by atoms with Crippen LogP contribution in [0.5, 0.6) is 0 Å². The molecule has 1 aliphatic rings. The lowest BCUT2D eigenvalue weighted by molar-refractivity contribution is 0.419. The van der Waals surface area contributed by atoms with Crippen LogP contribution < -0.4 is 5.46 Å². The monoisotopic (exact) mass is 244 g/mol. The lowest BCUT2D eigenvalue weighted by atomic mass is 9.69. The van der Waals surface area contributed by atoms with Gasteiger partial charge in [-0.3, -0.25) is 0 Å². The van der Waals surface area contributed by atoms with E-state index >= 15 is 0 Å². The lowest BCUT2D eigenvalue weighted by Gasteiger charge is -2.26. The van der Waals surface area contributed by atoms with Crippen molar-refractivity contribution >= 4 is 12.6 Å². The van der Waals surface area contributed by atoms with Gasteiger partial charge in [0, 0.05) is 0 Å². The van der Waals surface area contributed by atoms with Crippen LogP contribution in [0, 0.1) is 0 Å². The van der Waals surface area contributed by atoms with Gasteiger partial charge >= 0.3 is 7.12 Å². The minimum absolute atomic E-state index is 0.478. The molecular formula is C15H21BO2. The van der Waals surface area contributed by atoms with E-state index in [1.807, 2.05) is 18.2 Å². The summed E-state index contributed by atoms with van der Waals surface area (Å²) in [6.45, 7) is 3.79. The maximum absolute atomic E-state index is 9.56. The fourth-order valence-corrected chi connectivity index (χ4v) is 3.08. The van der Waals surface area contributed by atoms with E-state index in [1.165, 1.54) is 24.8 Å². The number of benzene rings is 1. The summed E-state index contributed by atoms with van der Waals surface area (Å²) in [5, 5.41) is 19.1. The maximum Gasteiger partial charge on any atom is 0.488 e. The van der Waals surface area contributed by atoms with Crippen LogP contribution in [0.3, 0.4) is 0 Å². The molecule has 0 atom stereocenters. The molecule has 2 N–H and O–H groups in total. The van der Waals surface area contributed by atoms with Crippen LogP contribution in [0.4, 0.5) is 0 Å². The van der Waals surface area contributed by atoms with E-state index in [9.17, 15) is 10.0 Å². The fourth-order valence-electron chi connectivity index (χ4n) is 3.08. The minimum Gasteiger partial charge on any atom is -0.423 e. The second-order valence-electron chi connectivity index (χ2n) is 5.12. The highest BCUT2D eigenvalue weighted by atomic mass is 16.4. The van der Waals surface area contributed by atoms with Gasteiger partial charge in [0.05, 0.1) is 0 Å². The van der Waals surface area contributed by atoms with Crippen LogP contribution in [0.2, 0.25) is 0 Å². The molecule has 0 radical (unpaired) electrons. The molecule has 1 aromatic carbocycles. The maximum atomic E-state index is 9.56. The van der Waals surface area contributed by atoms with Crippen molar-refractivity contribution in [3.05, 3.63) is 42.0 Å². The summed E-state index contributed by atoms with van der Waals surface area (Å²) in [6.07, 6.45) is 8.79. The molecule has 96 valence electrons. The van der Waals surface area contributed by atoms with Crippen molar-refractivity contribution in [2.24, 2.45) is 0 Å². The van der Waals surface area contributed by atoms with Crippen molar-refractivity contribution in [3.8, 4) is 0 Å². The van der Waals surface area contributed by atoms with E-state index in [-0.39, 0.29) is 0 Å². The molecule has 1 fully saturated rings. The van der Waals surface area contributed by atoms with E-state index in [1.54, 1.807) is 0 Å². The third-order valence-electron chi connectivity index (χ3n) is 3.89. The minimum atomic E-state index is -1.37. The zero-order chi connectivity index (χ0) is 13.0. The van der Waals surface area contributed by atoms with Crippen molar-refractivity contribution in [2.45, 2.75) is 44.4 Å². The molecule has 1 aliphatic carbocycles. The Morgan fingerprint density at radius 3 is 2.56 bits per heavy atom. The molecule has 3 heteroatoms. The molecule has 0 heterocycles. The average molecular weight is 244 g/mol. The molecule has 2 nitrogen and oxygen atoms in total. The Labute approximate surface area is 110 Å². The second kappa shape index (κ2) is 6.21. The van der Waals surface area contributed by atoms with Gasteiger partial charge in [0.1, 0.15) is 0 Å². The van der Waals surface area contributed by atoms with Crippen LogP contribution in [0.25, 0.3) is 0 Å². The average Bonchev–Trinajstić information content (AvgIpc) is 2.40. The molecule has 0 aromatic heterocycles. The van der Waals surface area contributed by atoms with Gasteiger partial charge in [0.2, 0.25) is 0 Å². The zero-order valence-corrected chi connectivity index (χ0v) is 10.8. The standard InChI is InChI=1S/C15H21BO2/c1-2-7-12-10-6-11-14(16(17)18)15(12)13-8-4-3-5-9-13/h2,6,10-11,13,17-18H,1,3-5,7-9H2. The van der Waals surface area contributed by atoms with E-state index < -0.39 is 7.12 Å². The normalized spacial score (nSPS) is 16.6. The third kappa shape index (κ3) is 2.85. The van der Waals surface area contributed by atoms with E-state index in [0.717, 1.165) is 24.8 Å². The molecule has 0 saturated heterocycles. The number of rotatable bonds is 4. The Morgan fingerprint density at radius 2 is 1.94 bits per heavy atom. The first-order valence-electron chi connectivity index (χ1n) is 6.82. The predicted molar refractivity (Wildman–Crippen MR) is 76.0 cm³/mol. The lowest BCUT2D eigenvalue weighted by Crippen LogP contribution is -2.35. The van der Waals surface area contributed by atoms with Gasteiger partial charge in [0.25, 0.3) is 0 Å². The van der Waals surface area contributed by atoms with Crippen LogP contribution in [-0.2, 0) is 6.42 Å². The molecule has 0 amide bonds. The molecule has 18 heavy (non-hydrogen) atoms. The second-order valence-corrected chi connectivity index (χ2v) is 5.12. The van der Waals surface area contributed by atoms with Crippen molar-refractivity contribution in [1.29, 1.82) is 0 Å². The van der Waals surface area contributed by atoms with Gasteiger partial charge in [-0.15, -0.1) is 6.58 Å². The smallest absolute Gasteiger partial charge is 0.423 e. The largest absolute Gasteiger partial charge is 0.488 e. The molecule has 0 unspecified atom stereocenters. The first-order chi connectivity index (χ1) is 8.74. The zero-order valence-electron chi connectivity index (χ0n) is 10.8. The summed E-state index contributed by atoms with van der Waals surface area (Å²) in [7, 11) is -1.37. The molecular weight excluding hydrogens is 223 g/mol. The molecule has 0 spiro atoms. The van der Waals surface area contributed by atoms with Gasteiger partial charge in [-0.25, -0.2) is 0 Å². The van der Waals surface area contributed by atoms with Gasteiger partial charge in [0.15, 0.2) is 0 Å². The van der Waals surface area contributed by atoms with Gasteiger partial charge in [-0.1, -0.05) is 43.5 Å². The highest BCUT2D eigenvalue weighted by Gasteiger charge is 2.25. The first kappa shape index (κ1) is 13.4. The summed E-state index contributed by atoms with van der Waals surface area (Å²) >= 11 is 0. The predicted octanol–water partition coefficient (Wildman–Crippen LogP) is 2.14. The summed E-state index contributed by atoms with van der Waals surface area (Å²) in [5.74, 6) is 0.478. The highest BCUT2D eigenvalue weighted by Crippen LogP contribution is 2.33. The van der Waals surface area contributed by atoms with Crippen LogP contribution in [-0.4, -0.2) is 17.2 Å². The summed E-state index contributed by atoms with van der Waals surface area (Å²) < 4.78 is 0. The van der Waals surface area contributed by atoms with Crippen molar-refractivity contribution in [2.75, 3.05) is 0 Å². The van der Waals surface area contributed by atoms with E-state index in [2.05, 4.69) is 12.6 Å². The molecule has 0 bridgehead atoms. The summed E-state index contributed by atoms with van der Waals surface area (Å²) in [4.78, 5) is 0. The highest BCUT2D eigenvalue weighted by molar-refractivity contribution is 6.59. The number of hydrogen-bond donors (Lipinski definition) is 2. The quantitative estimate of drug-likeness (QED) is 0.629. The third-order valence-corrected chi connectivity index (χ3v) is 3.89. The van der Waals surface area contributed by atoms with Crippen LogP contribution in [0.1, 0.15) is 49.1 Å². The van der Waals surface area contributed by atoms with Crippen LogP contribution in [0.15, 0.2) is 30.9 Å². The molecule has 1 aromatic rings. The van der Waals surface area contributed by atoms with Gasteiger partial charge in [-0.05, 0) is 41.8 Å². The Morgan fingerprint density at radius 1 is 1.22 bits per heavy atom. The van der Waals surface area contributed by atoms with Crippen molar-refractivity contribution in [1.82, 2.24) is 0 Å². The van der Waals surface area contributed by atoms with Crippen LogP contribution >= 0.6 is 0 Å². The topological polar surface area (TPSA) is 40.5 Å². The van der Waals surface area contributed by atoms with E-state index in [0.29, 0.717) is 11.4 Å². The Kier molecular flexibility index (Phi) is 4.62. The Balaban J connectivity index is 2.41. The first-order valence-corrected chi connectivity index (χ1v) is 6.82. The van der Waals surface area contributed by atoms with Crippen molar-refractivity contribution in [3.63, 3.8) is 0 Å². The molecule has 2 rings (SSSR count). The number of allylic oxidation sites excluding steroid dienone is 1. The Hall–Kier alpha value is -1.06. The fraction of sp³-hybridized carbons (Fsp3) is 0.467. The van der Waals surface area contributed by atoms with Gasteiger partial charge in [-0.2, -0.15) is 0 Å². The summed E-state index contributed by atoms with van der Waals surface area (Å²) in [5.41, 5.74) is 3.04. The number of hydrogen-bond acceptors (Lipinski definition) is 2. The van der Waals surface area contributed by atoms with E-state index in [4.69, 9.17) is 0 Å². The van der Waals surface area contributed by atoms with Gasteiger partial charge < -0.3 is 10.0 Å². The SMILES string of the molecule is C=CCc1cccc(B(O)O)c1C1CCCCC1. The Bertz CT molecular complexity index is 409. The molecule has 1 saturated carbocycles. The summed E-state index contributed by atoms with van der Waals surface area (Å²) in [6, 6.07) is 5.82. The molecule has 0 aliphatic heterocycles. The van der Waals surface area contributed by atoms with Crippen molar-refractivity contribution < 1.29 is 10.0 Å².